The molecule has 0 radical (unpaired) electrons. The van der Waals surface area contributed by atoms with Gasteiger partial charge in [-0.2, -0.15) is 21.6 Å². The second-order valence-electron chi connectivity index (χ2n) is 2.03. The van der Waals surface area contributed by atoms with E-state index < -0.39 is 34.4 Å². The molecule has 0 rings (SSSR count). The first-order valence-corrected chi connectivity index (χ1v) is 4.85. The molecule has 0 saturated heterocycles. The Morgan fingerprint density at radius 3 is 1.38 bits per heavy atom. The van der Waals surface area contributed by atoms with Crippen molar-refractivity contribution in [2.45, 2.75) is 6.18 Å². The minimum atomic E-state index is -5.08. The maximum absolute atomic E-state index is 10.6. The summed E-state index contributed by atoms with van der Waals surface area (Å²) in [6, 6.07) is 0. The Kier molecular flexibility index (Phi) is 16.2. The van der Waals surface area contributed by atoms with Crippen LogP contribution >= 0.6 is 0 Å². The van der Waals surface area contributed by atoms with Crippen LogP contribution < -0.4 is 34.7 Å². The maximum atomic E-state index is 10.6. The third kappa shape index (κ3) is 32.2. The van der Waals surface area contributed by atoms with Crippen molar-refractivity contribution in [2.75, 3.05) is 0 Å². The molecule has 0 atom stereocenters. The molecular formula is C5H3F3NNaO10S. The minimum Gasteiger partial charge on any atom is -0.539 e. The van der Waals surface area contributed by atoms with Gasteiger partial charge in [-0.1, -0.05) is 4.40 Å². The van der Waals surface area contributed by atoms with Crippen molar-refractivity contribution in [3.63, 3.8) is 0 Å². The van der Waals surface area contributed by atoms with E-state index in [0.29, 0.717) is 6.08 Å². The quantitative estimate of drug-likeness (QED) is 0.135. The van der Waals surface area contributed by atoms with E-state index in [0.717, 1.165) is 0 Å². The molecule has 0 bridgehead atoms. The summed E-state index contributed by atoms with van der Waals surface area (Å²) >= 11 is 0. The molecule has 0 aromatic carbocycles. The molecule has 11 nitrogen and oxygen atoms in total. The van der Waals surface area contributed by atoms with Gasteiger partial charge in [-0.3, -0.25) is 4.55 Å². The van der Waals surface area contributed by atoms with E-state index in [1.54, 1.807) is 0 Å². The Balaban J connectivity index is -0.000000101. The van der Waals surface area contributed by atoms with Gasteiger partial charge in [-0.25, -0.2) is 14.4 Å². The third-order valence-corrected chi connectivity index (χ3v) is 0.875. The standard InChI is InChI=1S/C2HF3O2.C2H2O4.CHNO4S.Na/c3-2(4,5)1(6)7;3-1(4)2(5)6;3-1-2-7(4,5)6;/h(H,6,7);(H,3,4)(H,5,6);(H,4,5,6);/q;;;+1/p-1. The summed E-state index contributed by atoms with van der Waals surface area (Å²) in [5.41, 5.74) is 0. The Morgan fingerprint density at radius 1 is 1.14 bits per heavy atom. The van der Waals surface area contributed by atoms with Gasteiger partial charge in [-0.15, -0.1) is 0 Å². The number of isocyanates is 1. The van der Waals surface area contributed by atoms with E-state index in [4.69, 9.17) is 39.1 Å². The van der Waals surface area contributed by atoms with Gasteiger partial charge in [-0.05, 0) is 0 Å². The van der Waals surface area contributed by atoms with Crippen LogP contribution in [0.1, 0.15) is 0 Å². The molecule has 0 aliphatic carbocycles. The number of carboxylic acids is 3. The number of nitrogens with zero attached hydrogens (tertiary/aromatic N) is 1. The smallest absolute Gasteiger partial charge is 0.539 e. The van der Waals surface area contributed by atoms with Crippen LogP contribution in [0.4, 0.5) is 13.2 Å². The monoisotopic (exact) mass is 349 g/mol. The van der Waals surface area contributed by atoms with Crippen LogP contribution in [0, 0.1) is 0 Å². The Morgan fingerprint density at radius 2 is 1.38 bits per heavy atom. The average molecular weight is 349 g/mol. The van der Waals surface area contributed by atoms with E-state index in [2.05, 4.69) is 0 Å². The fourth-order valence-electron chi connectivity index (χ4n) is 0.0471. The number of alkyl halides is 3. The molecule has 0 heterocycles. The van der Waals surface area contributed by atoms with Crippen molar-refractivity contribution in [1.82, 2.24) is 0 Å². The van der Waals surface area contributed by atoms with Crippen molar-refractivity contribution in [3.8, 4) is 0 Å². The molecule has 3 N–H and O–H groups in total. The summed E-state index contributed by atoms with van der Waals surface area (Å²) in [5, 5.41) is 23.4. The number of carbonyl (C=O) groups is 3. The van der Waals surface area contributed by atoms with Crippen LogP contribution in [0.5, 0.6) is 0 Å². The number of carbonyl (C=O) groups excluding carboxylic acids is 2. The summed E-state index contributed by atoms with van der Waals surface area (Å²) in [7, 11) is -4.47. The molecule has 21 heavy (non-hydrogen) atoms. The van der Waals surface area contributed by atoms with Gasteiger partial charge >= 0.3 is 58.0 Å². The number of aliphatic carboxylic acids is 3. The van der Waals surface area contributed by atoms with Gasteiger partial charge in [0.15, 0.2) is 5.97 Å². The molecule has 0 amide bonds. The van der Waals surface area contributed by atoms with Crippen molar-refractivity contribution in [1.29, 1.82) is 0 Å². The number of carboxylic acid groups (broad SMARTS) is 3. The molecule has 16 heteroatoms. The first-order chi connectivity index (χ1) is 8.65. The third-order valence-electron chi connectivity index (χ3n) is 0.570. The molecule has 0 saturated carbocycles. The molecule has 0 unspecified atom stereocenters. The maximum Gasteiger partial charge on any atom is 1.00 e. The Labute approximate surface area is 135 Å². The largest absolute Gasteiger partial charge is 1.00 e. The van der Waals surface area contributed by atoms with Crippen LogP contribution in [0.25, 0.3) is 0 Å². The molecule has 0 fully saturated rings. The van der Waals surface area contributed by atoms with Gasteiger partial charge in [0.2, 0.25) is 0 Å². The van der Waals surface area contributed by atoms with Crippen molar-refractivity contribution in [3.05, 3.63) is 0 Å². The van der Waals surface area contributed by atoms with Crippen LogP contribution in [-0.2, 0) is 29.5 Å². The van der Waals surface area contributed by atoms with Gasteiger partial charge in [0.05, 0.1) is 0 Å². The van der Waals surface area contributed by atoms with E-state index >= 15 is 0 Å². The van der Waals surface area contributed by atoms with Crippen LogP contribution in [0.3, 0.4) is 0 Å². The normalized spacial score (nSPS) is 9.14. The van der Waals surface area contributed by atoms with Crippen LogP contribution in [-0.4, -0.2) is 53.3 Å². The molecular weight excluding hydrogens is 346 g/mol. The molecule has 116 valence electrons. The summed E-state index contributed by atoms with van der Waals surface area (Å²) in [6.45, 7) is 0. The van der Waals surface area contributed by atoms with Crippen molar-refractivity contribution in [2.24, 2.45) is 4.40 Å². The van der Waals surface area contributed by atoms with Gasteiger partial charge in [0, 0.05) is 0 Å². The minimum absolute atomic E-state index is 0. The molecule has 0 aliphatic heterocycles. The second kappa shape index (κ2) is 12.2. The zero-order valence-corrected chi connectivity index (χ0v) is 12.5. The van der Waals surface area contributed by atoms with E-state index in [1.807, 2.05) is 4.40 Å². The molecule has 0 aliphatic rings. The predicted molar refractivity (Wildman–Crippen MR) is 46.0 cm³/mol. The first-order valence-electron chi connectivity index (χ1n) is 3.46. The summed E-state index contributed by atoms with van der Waals surface area (Å²) in [4.78, 5) is 35.9. The first kappa shape index (κ1) is 27.8. The number of halogens is 3. The zero-order chi connectivity index (χ0) is 17.1. The van der Waals surface area contributed by atoms with Crippen LogP contribution in [0.2, 0.25) is 0 Å². The second-order valence-corrected chi connectivity index (χ2v) is 3.10. The van der Waals surface area contributed by atoms with Crippen LogP contribution in [0.15, 0.2) is 4.40 Å². The molecule has 0 aromatic heterocycles. The zero-order valence-electron chi connectivity index (χ0n) is 9.69. The van der Waals surface area contributed by atoms with E-state index in [-0.39, 0.29) is 29.6 Å². The average Bonchev–Trinajstić information content (AvgIpc) is 2.15. The summed E-state index contributed by atoms with van der Waals surface area (Å²) in [6.07, 6.45) is -4.44. The van der Waals surface area contributed by atoms with Gasteiger partial charge in [0.25, 0.3) is 6.08 Å². The van der Waals surface area contributed by atoms with E-state index in [9.17, 15) is 21.6 Å². The summed E-state index contributed by atoms with van der Waals surface area (Å²) < 4.78 is 60.0. The predicted octanol–water partition coefficient (Wildman–Crippen LogP) is -5.42. The van der Waals surface area contributed by atoms with Gasteiger partial charge < -0.3 is 20.1 Å². The molecule has 0 spiro atoms. The van der Waals surface area contributed by atoms with E-state index in [1.165, 1.54) is 0 Å². The SMILES string of the molecule is O=C(O)C(F)(F)F.O=C([O-])C(=O)O.O=C=NS(=O)(=O)O.[Na+]. The fourth-order valence-corrected chi connectivity index (χ4v) is 0.141. The Bertz CT molecular complexity index is 495. The number of rotatable bonds is 1. The van der Waals surface area contributed by atoms with Gasteiger partial charge in [0.1, 0.15) is 0 Å². The van der Waals surface area contributed by atoms with Crippen molar-refractivity contribution >= 4 is 34.3 Å². The van der Waals surface area contributed by atoms with Crippen molar-refractivity contribution < 1.29 is 90.2 Å². The summed E-state index contributed by atoms with van der Waals surface area (Å²) in [5.74, 6) is -6.77. The Hall–Kier alpha value is -1.51. The topological polar surface area (TPSA) is 199 Å². The number of hydrogen-bond acceptors (Lipinski definition) is 7. The fraction of sp³-hybridized carbons (Fsp3) is 0.200. The molecule has 0 aromatic rings. The number of hydrogen-bond donors (Lipinski definition) is 3.